The highest BCUT2D eigenvalue weighted by atomic mass is 127. The van der Waals surface area contributed by atoms with Gasteiger partial charge in [-0.3, -0.25) is 4.99 Å². The minimum absolute atomic E-state index is 0. The molecule has 0 atom stereocenters. The van der Waals surface area contributed by atoms with Gasteiger partial charge < -0.3 is 19.9 Å². The summed E-state index contributed by atoms with van der Waals surface area (Å²) in [5.74, 6) is 1.33. The first-order valence-corrected chi connectivity index (χ1v) is 8.98. The lowest BCUT2D eigenvalue weighted by Crippen LogP contribution is -2.37. The van der Waals surface area contributed by atoms with Crippen molar-refractivity contribution in [2.45, 2.75) is 46.0 Å². The van der Waals surface area contributed by atoms with E-state index in [1.54, 1.807) is 7.05 Å². The smallest absolute Gasteiger partial charge is 0.416 e. The molecule has 0 spiro atoms. The molecule has 0 aliphatic rings. The Kier molecular flexibility index (Phi) is 9.74. The van der Waals surface area contributed by atoms with Crippen molar-refractivity contribution in [3.63, 3.8) is 0 Å². The number of nitrogens with one attached hydrogen (secondary N) is 2. The van der Waals surface area contributed by atoms with E-state index in [0.29, 0.717) is 18.9 Å². The van der Waals surface area contributed by atoms with Gasteiger partial charge in [-0.25, -0.2) is 0 Å². The number of aromatic nitrogens is 1. The van der Waals surface area contributed by atoms with Crippen molar-refractivity contribution in [3.05, 3.63) is 46.3 Å². The molecular weight excluding hydrogens is 500 g/mol. The number of halogens is 4. The van der Waals surface area contributed by atoms with Crippen LogP contribution in [-0.2, 0) is 32.1 Å². The highest BCUT2D eigenvalue weighted by molar-refractivity contribution is 14.0. The van der Waals surface area contributed by atoms with E-state index in [4.69, 9.17) is 9.26 Å². The minimum Gasteiger partial charge on any atom is -0.497 e. The maximum Gasteiger partial charge on any atom is 0.416 e. The molecule has 0 radical (unpaired) electrons. The van der Waals surface area contributed by atoms with Crippen molar-refractivity contribution in [1.29, 1.82) is 0 Å². The molecule has 0 amide bonds. The van der Waals surface area contributed by atoms with E-state index in [0.717, 1.165) is 29.5 Å². The lowest BCUT2D eigenvalue weighted by molar-refractivity contribution is -0.138. The van der Waals surface area contributed by atoms with E-state index in [9.17, 15) is 13.2 Å². The van der Waals surface area contributed by atoms with Crippen LogP contribution in [0.25, 0.3) is 0 Å². The highest BCUT2D eigenvalue weighted by Gasteiger charge is 2.33. The second kappa shape index (κ2) is 11.3. The van der Waals surface area contributed by atoms with Gasteiger partial charge in [-0.2, -0.15) is 13.2 Å². The molecule has 2 rings (SSSR count). The highest BCUT2D eigenvalue weighted by Crippen LogP contribution is 2.34. The first kappa shape index (κ1) is 25.1. The monoisotopic (exact) mass is 526 g/mol. The summed E-state index contributed by atoms with van der Waals surface area (Å²) in [5.41, 5.74) is 1.17. The normalized spacial score (nSPS) is 11.8. The van der Waals surface area contributed by atoms with Gasteiger partial charge in [0.05, 0.1) is 18.4 Å². The summed E-state index contributed by atoms with van der Waals surface area (Å²) >= 11 is 0. The van der Waals surface area contributed by atoms with E-state index in [1.807, 2.05) is 13.8 Å². The van der Waals surface area contributed by atoms with Crippen LogP contribution in [0, 0.1) is 0 Å². The molecule has 2 N–H and O–H groups in total. The van der Waals surface area contributed by atoms with Gasteiger partial charge in [0.2, 0.25) is 0 Å². The lowest BCUT2D eigenvalue weighted by atomic mass is 10.1. The maximum atomic E-state index is 13.3. The molecule has 0 bridgehead atoms. The third-order valence-electron chi connectivity index (χ3n) is 4.33. The molecule has 10 heteroatoms. The molecule has 1 aromatic carbocycles. The van der Waals surface area contributed by atoms with Crippen LogP contribution in [0.2, 0.25) is 0 Å². The van der Waals surface area contributed by atoms with Crippen LogP contribution in [-0.4, -0.2) is 25.3 Å². The first-order valence-electron chi connectivity index (χ1n) is 8.98. The molecule has 0 unspecified atom stereocenters. The summed E-state index contributed by atoms with van der Waals surface area (Å²) in [5, 5.41) is 10.1. The minimum atomic E-state index is -4.48. The van der Waals surface area contributed by atoms with Crippen molar-refractivity contribution < 1.29 is 22.4 Å². The average Bonchev–Trinajstić information content (AvgIpc) is 3.09. The summed E-state index contributed by atoms with van der Waals surface area (Å²) in [4.78, 5) is 4.08. The number of methoxy groups -OCH3 is 1. The Bertz CT molecular complexity index is 801. The summed E-state index contributed by atoms with van der Waals surface area (Å²) in [6, 6.07) is 3.89. The molecular formula is C19H26F3IN4O2. The fraction of sp³-hybridized carbons (Fsp3) is 0.474. The second-order valence-electron chi connectivity index (χ2n) is 6.04. The van der Waals surface area contributed by atoms with Gasteiger partial charge in [0, 0.05) is 32.1 Å². The Labute approximate surface area is 185 Å². The fourth-order valence-electron chi connectivity index (χ4n) is 2.81. The number of alkyl halides is 3. The predicted octanol–water partition coefficient (Wildman–Crippen LogP) is 4.31. The van der Waals surface area contributed by atoms with Gasteiger partial charge >= 0.3 is 6.18 Å². The van der Waals surface area contributed by atoms with E-state index in [-0.39, 0.29) is 41.8 Å². The molecule has 2 aromatic rings. The third kappa shape index (κ3) is 6.51. The maximum absolute atomic E-state index is 13.3. The zero-order valence-corrected chi connectivity index (χ0v) is 19.1. The molecule has 6 nitrogen and oxygen atoms in total. The lowest BCUT2D eigenvalue weighted by Gasteiger charge is -2.16. The quantitative estimate of drug-likeness (QED) is 0.320. The Morgan fingerprint density at radius 1 is 1.17 bits per heavy atom. The molecule has 1 aromatic heterocycles. The Hall–Kier alpha value is -1.98. The van der Waals surface area contributed by atoms with E-state index in [2.05, 4.69) is 20.8 Å². The van der Waals surface area contributed by atoms with Gasteiger partial charge in [0.15, 0.2) is 5.96 Å². The van der Waals surface area contributed by atoms with Crippen LogP contribution in [0.5, 0.6) is 5.75 Å². The fourth-order valence-corrected chi connectivity index (χ4v) is 2.81. The van der Waals surface area contributed by atoms with E-state index in [1.165, 1.54) is 19.2 Å². The Morgan fingerprint density at radius 2 is 1.86 bits per heavy atom. The summed E-state index contributed by atoms with van der Waals surface area (Å²) in [6.45, 7) is 4.34. The Balaban J connectivity index is 0.00000420. The molecule has 1 heterocycles. The van der Waals surface area contributed by atoms with Crippen molar-refractivity contribution >= 4 is 29.9 Å². The van der Waals surface area contributed by atoms with E-state index >= 15 is 0 Å². The van der Waals surface area contributed by atoms with Crippen molar-refractivity contribution in [3.8, 4) is 5.75 Å². The number of hydrogen-bond donors (Lipinski definition) is 2. The summed E-state index contributed by atoms with van der Waals surface area (Å²) in [6.07, 6.45) is -3.04. The van der Waals surface area contributed by atoms with Crippen molar-refractivity contribution in [2.24, 2.45) is 4.99 Å². The van der Waals surface area contributed by atoms with Crippen LogP contribution < -0.4 is 15.4 Å². The topological polar surface area (TPSA) is 71.7 Å². The molecule has 162 valence electrons. The van der Waals surface area contributed by atoms with Crippen LogP contribution in [0.4, 0.5) is 13.2 Å². The zero-order valence-electron chi connectivity index (χ0n) is 16.8. The average molecular weight is 526 g/mol. The number of aliphatic imine (C=N–C) groups is 1. The van der Waals surface area contributed by atoms with Crippen LogP contribution in [0.3, 0.4) is 0 Å². The van der Waals surface area contributed by atoms with Crippen molar-refractivity contribution in [2.75, 3.05) is 14.2 Å². The number of nitrogens with zero attached hydrogens (tertiary/aromatic N) is 2. The molecule has 0 saturated carbocycles. The van der Waals surface area contributed by atoms with Gasteiger partial charge in [0.25, 0.3) is 0 Å². The number of aryl methyl sites for hydroxylation is 2. The molecule has 29 heavy (non-hydrogen) atoms. The van der Waals surface area contributed by atoms with Crippen LogP contribution in [0.1, 0.15) is 42.0 Å². The van der Waals surface area contributed by atoms with Crippen molar-refractivity contribution in [1.82, 2.24) is 15.8 Å². The van der Waals surface area contributed by atoms with Gasteiger partial charge in [0.1, 0.15) is 11.5 Å². The van der Waals surface area contributed by atoms with Gasteiger partial charge in [-0.15, -0.1) is 24.0 Å². The van der Waals surface area contributed by atoms with Gasteiger partial charge in [-0.1, -0.05) is 25.1 Å². The molecule has 0 aliphatic carbocycles. The largest absolute Gasteiger partial charge is 0.497 e. The predicted molar refractivity (Wildman–Crippen MR) is 116 cm³/mol. The molecule has 0 fully saturated rings. The Morgan fingerprint density at radius 3 is 2.41 bits per heavy atom. The first-order chi connectivity index (χ1) is 13.3. The number of ether oxygens (including phenoxy) is 1. The number of benzene rings is 1. The van der Waals surface area contributed by atoms with Crippen LogP contribution >= 0.6 is 24.0 Å². The standard InChI is InChI=1S/C19H25F3N4O2.HI/c1-5-16-14(17(6-2)28-26-16)11-25-18(23-3)24-10-12-7-8-13(27-4)9-15(12)19(20,21)22;/h7-9H,5-6,10-11H2,1-4H3,(H2,23,24,25);1H. The SMILES string of the molecule is CCc1noc(CC)c1CNC(=NC)NCc1ccc(OC)cc1C(F)(F)F.I. The van der Waals surface area contributed by atoms with E-state index < -0.39 is 11.7 Å². The summed E-state index contributed by atoms with van der Waals surface area (Å²) in [7, 11) is 2.89. The molecule has 0 saturated heterocycles. The molecule has 0 aliphatic heterocycles. The third-order valence-corrected chi connectivity index (χ3v) is 4.33. The number of guanidine groups is 1. The second-order valence-corrected chi connectivity index (χ2v) is 6.04. The summed E-state index contributed by atoms with van der Waals surface area (Å²) < 4.78 is 50.2. The number of rotatable bonds is 7. The number of hydrogen-bond acceptors (Lipinski definition) is 4. The van der Waals surface area contributed by atoms with Crippen LogP contribution in [0.15, 0.2) is 27.7 Å². The zero-order chi connectivity index (χ0) is 20.7. The van der Waals surface area contributed by atoms with Gasteiger partial charge in [-0.05, 0) is 24.1 Å².